The Morgan fingerprint density at radius 3 is 1.67 bits per heavy atom. The summed E-state index contributed by atoms with van der Waals surface area (Å²) in [7, 11) is 0. The van der Waals surface area contributed by atoms with Crippen LogP contribution in [0.5, 0.6) is 5.75 Å². The number of ether oxygens (including phenoxy) is 1. The van der Waals surface area contributed by atoms with Crippen LogP contribution >= 0.6 is 58.0 Å². The number of carboxylic acid groups (broad SMARTS) is 1. The second-order valence-corrected chi connectivity index (χ2v) is 8.72. The SMILES string of the molecule is O=C(CC(C(=O)O)(C(=O)Oc1c(Cl)c(Cl)c(Cl)c(Cl)c1Cl)c1ccccc1)c1ccccc1. The minimum absolute atomic E-state index is 0.0187. The van der Waals surface area contributed by atoms with E-state index in [9.17, 15) is 19.5 Å². The van der Waals surface area contributed by atoms with Crippen molar-refractivity contribution in [2.75, 3.05) is 0 Å². The number of Topliss-reactive ketones (excluding diaryl/α,β-unsaturated/α-hetero) is 1. The van der Waals surface area contributed by atoms with Gasteiger partial charge in [0.25, 0.3) is 0 Å². The molecule has 1 N–H and O–H groups in total. The minimum atomic E-state index is -2.43. The Kier molecular flexibility index (Phi) is 7.93. The van der Waals surface area contributed by atoms with Crippen LogP contribution in [0.2, 0.25) is 25.1 Å². The van der Waals surface area contributed by atoms with Crippen LogP contribution in [0.25, 0.3) is 0 Å². The van der Waals surface area contributed by atoms with Crippen LogP contribution in [0.1, 0.15) is 22.3 Å². The van der Waals surface area contributed by atoms with Crippen molar-refractivity contribution in [2.24, 2.45) is 0 Å². The number of carboxylic acids is 1. The Hall–Kier alpha value is -2.28. The highest BCUT2D eigenvalue weighted by Gasteiger charge is 2.52. The van der Waals surface area contributed by atoms with Crippen molar-refractivity contribution in [1.29, 1.82) is 0 Å². The zero-order chi connectivity index (χ0) is 24.3. The maximum absolute atomic E-state index is 13.5. The van der Waals surface area contributed by atoms with E-state index < -0.39 is 35.3 Å². The number of carbonyl (C=O) groups is 3. The van der Waals surface area contributed by atoms with Gasteiger partial charge in [-0.3, -0.25) is 14.4 Å². The quantitative estimate of drug-likeness (QED) is 0.0850. The molecule has 0 aromatic heterocycles. The average Bonchev–Trinajstić information content (AvgIpc) is 2.83. The molecule has 3 rings (SSSR count). The first kappa shape index (κ1) is 25.3. The highest BCUT2D eigenvalue weighted by Crippen LogP contribution is 2.49. The van der Waals surface area contributed by atoms with Crippen molar-refractivity contribution in [3.63, 3.8) is 0 Å². The van der Waals surface area contributed by atoms with Gasteiger partial charge in [0.1, 0.15) is 10.0 Å². The Morgan fingerprint density at radius 2 is 1.18 bits per heavy atom. The van der Waals surface area contributed by atoms with Gasteiger partial charge in [0.2, 0.25) is 0 Å². The van der Waals surface area contributed by atoms with Gasteiger partial charge in [-0.2, -0.15) is 0 Å². The smallest absolute Gasteiger partial charge is 0.334 e. The van der Waals surface area contributed by atoms with Crippen molar-refractivity contribution >= 4 is 75.7 Å². The van der Waals surface area contributed by atoms with Gasteiger partial charge < -0.3 is 9.84 Å². The maximum atomic E-state index is 13.5. The molecule has 33 heavy (non-hydrogen) atoms. The number of hydrogen-bond acceptors (Lipinski definition) is 4. The molecule has 0 saturated carbocycles. The fraction of sp³-hybridized carbons (Fsp3) is 0.0870. The molecule has 0 bridgehead atoms. The molecule has 0 amide bonds. The number of rotatable bonds is 7. The topological polar surface area (TPSA) is 80.7 Å². The summed E-state index contributed by atoms with van der Waals surface area (Å²) < 4.78 is 5.35. The molecule has 0 aliphatic heterocycles. The molecule has 0 saturated heterocycles. The molecule has 0 heterocycles. The van der Waals surface area contributed by atoms with Gasteiger partial charge in [-0.1, -0.05) is 119 Å². The Balaban J connectivity index is 2.15. The van der Waals surface area contributed by atoms with E-state index in [-0.39, 0.29) is 36.2 Å². The summed E-state index contributed by atoms with van der Waals surface area (Å²) in [5.41, 5.74) is -2.19. The third-order valence-electron chi connectivity index (χ3n) is 4.87. The van der Waals surface area contributed by atoms with Crippen molar-refractivity contribution in [2.45, 2.75) is 11.8 Å². The van der Waals surface area contributed by atoms with Crippen LogP contribution in [-0.2, 0) is 15.0 Å². The molecular weight excluding hydrogens is 534 g/mol. The average molecular weight is 547 g/mol. The van der Waals surface area contributed by atoms with Crippen molar-refractivity contribution in [3.8, 4) is 5.75 Å². The van der Waals surface area contributed by atoms with Gasteiger partial charge in [0, 0.05) is 12.0 Å². The number of aliphatic carboxylic acids is 1. The van der Waals surface area contributed by atoms with E-state index in [2.05, 4.69) is 0 Å². The van der Waals surface area contributed by atoms with Crippen LogP contribution in [0.3, 0.4) is 0 Å². The number of ketones is 1. The van der Waals surface area contributed by atoms with Gasteiger partial charge in [0.05, 0.1) is 15.1 Å². The van der Waals surface area contributed by atoms with Crippen molar-refractivity contribution in [1.82, 2.24) is 0 Å². The van der Waals surface area contributed by atoms with E-state index in [1.54, 1.807) is 24.3 Å². The predicted octanol–water partition coefficient (Wildman–Crippen LogP) is 7.15. The largest absolute Gasteiger partial charge is 0.480 e. The normalized spacial score (nSPS) is 12.6. The first-order chi connectivity index (χ1) is 15.6. The molecule has 0 aliphatic rings. The van der Waals surface area contributed by atoms with E-state index in [1.165, 1.54) is 36.4 Å². The molecule has 5 nitrogen and oxygen atoms in total. The molecule has 170 valence electrons. The fourth-order valence-corrected chi connectivity index (χ4v) is 4.32. The fourth-order valence-electron chi connectivity index (χ4n) is 3.12. The summed E-state index contributed by atoms with van der Waals surface area (Å²) in [4.78, 5) is 39.0. The molecule has 10 heteroatoms. The lowest BCUT2D eigenvalue weighted by Gasteiger charge is -2.27. The highest BCUT2D eigenvalue weighted by atomic mass is 35.5. The molecule has 3 aromatic rings. The lowest BCUT2D eigenvalue weighted by atomic mass is 9.75. The third kappa shape index (κ3) is 4.84. The summed E-state index contributed by atoms with van der Waals surface area (Å²) in [6, 6.07) is 15.5. The van der Waals surface area contributed by atoms with Gasteiger partial charge in [0.15, 0.2) is 16.9 Å². The summed E-state index contributed by atoms with van der Waals surface area (Å²) in [6.07, 6.45) is -0.737. The first-order valence-corrected chi connectivity index (χ1v) is 11.1. The summed E-state index contributed by atoms with van der Waals surface area (Å²) in [5, 5.41) is 8.89. The second kappa shape index (κ2) is 10.3. The standard InChI is InChI=1S/C23H13Cl5O5/c24-15-16(25)18(27)20(19(28)17(15)26)33-22(32)23(21(30)31,13-9-5-2-6-10-13)11-14(29)12-7-3-1-4-8-12/h1-10H,11H2,(H,30,31). The number of benzene rings is 3. The van der Waals surface area contributed by atoms with E-state index in [4.69, 9.17) is 62.7 Å². The van der Waals surface area contributed by atoms with E-state index in [0.717, 1.165) is 0 Å². The molecule has 3 aromatic carbocycles. The predicted molar refractivity (Wildman–Crippen MR) is 128 cm³/mol. The van der Waals surface area contributed by atoms with Crippen molar-refractivity contribution in [3.05, 3.63) is 96.9 Å². The minimum Gasteiger partial charge on any atom is -0.480 e. The van der Waals surface area contributed by atoms with Crippen LogP contribution in [0.4, 0.5) is 0 Å². The van der Waals surface area contributed by atoms with Gasteiger partial charge in [-0.15, -0.1) is 0 Å². The molecule has 1 atom stereocenters. The monoisotopic (exact) mass is 544 g/mol. The molecule has 0 fully saturated rings. The molecular formula is C23H13Cl5O5. The molecule has 0 radical (unpaired) electrons. The van der Waals surface area contributed by atoms with Crippen molar-refractivity contribution < 1.29 is 24.2 Å². The number of hydrogen-bond donors (Lipinski definition) is 1. The van der Waals surface area contributed by atoms with E-state index >= 15 is 0 Å². The van der Waals surface area contributed by atoms with Crippen LogP contribution in [-0.4, -0.2) is 22.8 Å². The lowest BCUT2D eigenvalue weighted by molar-refractivity contribution is -0.156. The molecule has 0 spiro atoms. The highest BCUT2D eigenvalue weighted by molar-refractivity contribution is 6.55. The Labute approximate surface area is 213 Å². The van der Waals surface area contributed by atoms with E-state index in [0.29, 0.717) is 0 Å². The summed E-state index contributed by atoms with van der Waals surface area (Å²) in [6.45, 7) is 0. The van der Waals surface area contributed by atoms with Gasteiger partial charge >= 0.3 is 11.9 Å². The zero-order valence-corrected chi connectivity index (χ0v) is 20.2. The molecule has 1 unspecified atom stereocenters. The lowest BCUT2D eigenvalue weighted by Crippen LogP contribution is -2.48. The van der Waals surface area contributed by atoms with Gasteiger partial charge in [-0.05, 0) is 5.56 Å². The van der Waals surface area contributed by atoms with Crippen LogP contribution in [0, 0.1) is 0 Å². The van der Waals surface area contributed by atoms with Crippen LogP contribution in [0.15, 0.2) is 60.7 Å². The van der Waals surface area contributed by atoms with E-state index in [1.807, 2.05) is 0 Å². The Bertz CT molecular complexity index is 1200. The third-order valence-corrected chi connectivity index (χ3v) is 7.11. The zero-order valence-electron chi connectivity index (χ0n) is 16.5. The number of halogens is 5. The second-order valence-electron chi connectivity index (χ2n) is 6.83. The Morgan fingerprint density at radius 1 is 0.727 bits per heavy atom. The van der Waals surface area contributed by atoms with Crippen LogP contribution < -0.4 is 4.74 Å². The first-order valence-electron chi connectivity index (χ1n) is 9.22. The molecule has 0 aliphatic carbocycles. The number of carbonyl (C=O) groups excluding carboxylic acids is 2. The maximum Gasteiger partial charge on any atom is 0.334 e. The number of esters is 1. The van der Waals surface area contributed by atoms with Gasteiger partial charge in [-0.25, -0.2) is 0 Å². The summed E-state index contributed by atoms with van der Waals surface area (Å²) in [5.74, 6) is -4.00. The summed E-state index contributed by atoms with van der Waals surface area (Å²) >= 11 is 30.3.